The highest BCUT2D eigenvalue weighted by molar-refractivity contribution is 9.10. The van der Waals surface area contributed by atoms with Crippen LogP contribution in [-0.2, 0) is 9.59 Å². The molecule has 2 aromatic carbocycles. The Kier molecular flexibility index (Phi) is 8.10. The Hall–Kier alpha value is -2.64. The fraction of sp³-hybridized carbons (Fsp3) is 0.360. The highest BCUT2D eigenvalue weighted by Crippen LogP contribution is 2.39. The molecule has 1 unspecified atom stereocenters. The number of aliphatic hydroxyl groups is 1. The molecule has 32 heavy (non-hydrogen) atoms. The van der Waals surface area contributed by atoms with Gasteiger partial charge in [-0.05, 0) is 50.3 Å². The Morgan fingerprint density at radius 1 is 1.16 bits per heavy atom. The smallest absolute Gasteiger partial charge is 0.295 e. The summed E-state index contributed by atoms with van der Waals surface area (Å²) >= 11 is 3.43. The number of carbonyl (C=O) groups excluding carboxylic acids is 2. The molecule has 0 aromatic heterocycles. The molecule has 1 aliphatic rings. The third kappa shape index (κ3) is 5.40. The van der Waals surface area contributed by atoms with Crippen LogP contribution >= 0.6 is 15.9 Å². The Morgan fingerprint density at radius 2 is 1.88 bits per heavy atom. The molecule has 1 fully saturated rings. The maximum absolute atomic E-state index is 13.1. The van der Waals surface area contributed by atoms with E-state index < -0.39 is 17.7 Å². The monoisotopic (exact) mass is 500 g/mol. The summed E-state index contributed by atoms with van der Waals surface area (Å²) in [7, 11) is 3.82. The molecule has 0 bridgehead atoms. The SMILES string of the molecule is CCCCOc1cccc(C(O)=C2C(=O)C(=O)N(CCN(C)C)C2c2ccc(Br)cc2)c1. The largest absolute Gasteiger partial charge is 0.507 e. The van der Waals surface area contributed by atoms with Crippen LogP contribution in [0, 0.1) is 0 Å². The van der Waals surface area contributed by atoms with Gasteiger partial charge in [0.2, 0.25) is 0 Å². The number of hydrogen-bond acceptors (Lipinski definition) is 5. The first kappa shape index (κ1) is 24.0. The van der Waals surface area contributed by atoms with E-state index in [1.54, 1.807) is 23.1 Å². The van der Waals surface area contributed by atoms with Gasteiger partial charge in [-0.2, -0.15) is 0 Å². The molecular weight excluding hydrogens is 472 g/mol. The predicted octanol–water partition coefficient (Wildman–Crippen LogP) is 4.61. The van der Waals surface area contributed by atoms with E-state index in [4.69, 9.17) is 4.74 Å². The van der Waals surface area contributed by atoms with Crippen molar-refractivity contribution in [3.63, 3.8) is 0 Å². The lowest BCUT2D eigenvalue weighted by Gasteiger charge is -2.26. The zero-order valence-electron chi connectivity index (χ0n) is 18.7. The molecule has 0 spiro atoms. The molecule has 1 heterocycles. The number of ether oxygens (including phenoxy) is 1. The number of hydrogen-bond donors (Lipinski definition) is 1. The Labute approximate surface area is 197 Å². The van der Waals surface area contributed by atoms with Gasteiger partial charge in [0.05, 0.1) is 18.2 Å². The number of carbonyl (C=O) groups is 2. The fourth-order valence-corrected chi connectivity index (χ4v) is 3.90. The second kappa shape index (κ2) is 10.8. The second-order valence-corrected chi connectivity index (χ2v) is 8.99. The highest BCUT2D eigenvalue weighted by Gasteiger charge is 2.45. The highest BCUT2D eigenvalue weighted by atomic mass is 79.9. The Bertz CT molecular complexity index is 1000. The maximum atomic E-state index is 13.1. The first-order valence-corrected chi connectivity index (χ1v) is 11.5. The van der Waals surface area contributed by atoms with Crippen molar-refractivity contribution in [3.05, 3.63) is 69.7 Å². The van der Waals surface area contributed by atoms with E-state index in [1.807, 2.05) is 49.3 Å². The average Bonchev–Trinajstić information content (AvgIpc) is 3.03. The molecule has 170 valence electrons. The summed E-state index contributed by atoms with van der Waals surface area (Å²) in [5.41, 5.74) is 1.32. The van der Waals surface area contributed by atoms with Gasteiger partial charge in [-0.25, -0.2) is 0 Å². The lowest BCUT2D eigenvalue weighted by atomic mass is 9.95. The molecule has 1 atom stereocenters. The summed E-state index contributed by atoms with van der Waals surface area (Å²) in [6.07, 6.45) is 1.94. The number of likely N-dealkylation sites (tertiary alicyclic amines) is 1. The van der Waals surface area contributed by atoms with Gasteiger partial charge in [-0.15, -0.1) is 0 Å². The van der Waals surface area contributed by atoms with E-state index in [0.717, 1.165) is 22.9 Å². The van der Waals surface area contributed by atoms with Crippen LogP contribution in [0.4, 0.5) is 0 Å². The van der Waals surface area contributed by atoms with Gasteiger partial charge in [-0.3, -0.25) is 9.59 Å². The van der Waals surface area contributed by atoms with Crippen LogP contribution in [-0.4, -0.2) is 60.4 Å². The van der Waals surface area contributed by atoms with E-state index in [9.17, 15) is 14.7 Å². The van der Waals surface area contributed by atoms with Gasteiger partial charge in [0.1, 0.15) is 11.5 Å². The van der Waals surface area contributed by atoms with Crippen LogP contribution in [0.2, 0.25) is 0 Å². The van der Waals surface area contributed by atoms with Crippen molar-refractivity contribution in [2.75, 3.05) is 33.8 Å². The van der Waals surface area contributed by atoms with Crippen LogP contribution < -0.4 is 4.74 Å². The number of rotatable bonds is 9. The minimum atomic E-state index is -0.675. The number of halogens is 1. The number of ketones is 1. The standard InChI is InChI=1S/C25H29BrN2O4/c1-4-5-15-32-20-8-6-7-18(16-20)23(29)21-22(17-9-11-19(26)12-10-17)28(14-13-27(2)3)25(31)24(21)30/h6-12,16,22,29H,4-5,13-15H2,1-3H3. The third-order valence-corrected chi connectivity index (χ3v) is 5.92. The summed E-state index contributed by atoms with van der Waals surface area (Å²) in [6, 6.07) is 13.8. The molecule has 1 aliphatic heterocycles. The van der Waals surface area contributed by atoms with Crippen molar-refractivity contribution in [1.82, 2.24) is 9.80 Å². The zero-order chi connectivity index (χ0) is 23.3. The second-order valence-electron chi connectivity index (χ2n) is 8.08. The first-order valence-electron chi connectivity index (χ1n) is 10.7. The molecule has 3 rings (SSSR count). The zero-order valence-corrected chi connectivity index (χ0v) is 20.3. The number of aliphatic hydroxyl groups excluding tert-OH is 1. The Balaban J connectivity index is 2.05. The minimum Gasteiger partial charge on any atom is -0.507 e. The number of benzene rings is 2. The summed E-state index contributed by atoms with van der Waals surface area (Å²) < 4.78 is 6.64. The van der Waals surface area contributed by atoms with Gasteiger partial charge in [-0.1, -0.05) is 53.5 Å². The molecule has 6 nitrogen and oxygen atoms in total. The average molecular weight is 501 g/mol. The topological polar surface area (TPSA) is 70.1 Å². The molecule has 1 N–H and O–H groups in total. The molecule has 0 aliphatic carbocycles. The summed E-state index contributed by atoms with van der Waals surface area (Å²) in [6.45, 7) is 3.63. The van der Waals surface area contributed by atoms with Crippen molar-refractivity contribution < 1.29 is 19.4 Å². The minimum absolute atomic E-state index is 0.0989. The van der Waals surface area contributed by atoms with E-state index >= 15 is 0 Å². The van der Waals surface area contributed by atoms with E-state index in [1.165, 1.54) is 0 Å². The van der Waals surface area contributed by atoms with Crippen molar-refractivity contribution in [2.45, 2.75) is 25.8 Å². The number of likely N-dealkylation sites (N-methyl/N-ethyl adjacent to an activating group) is 1. The van der Waals surface area contributed by atoms with E-state index in [-0.39, 0.29) is 11.3 Å². The van der Waals surface area contributed by atoms with Crippen molar-refractivity contribution >= 4 is 33.4 Å². The van der Waals surface area contributed by atoms with Gasteiger partial charge < -0.3 is 19.6 Å². The lowest BCUT2D eigenvalue weighted by Crippen LogP contribution is -2.35. The lowest BCUT2D eigenvalue weighted by molar-refractivity contribution is -0.140. The number of nitrogens with zero attached hydrogens (tertiary/aromatic N) is 2. The molecular formula is C25H29BrN2O4. The molecule has 7 heteroatoms. The summed E-state index contributed by atoms with van der Waals surface area (Å²) in [5, 5.41) is 11.2. The van der Waals surface area contributed by atoms with Crippen LogP contribution in [0.5, 0.6) is 5.75 Å². The summed E-state index contributed by atoms with van der Waals surface area (Å²) in [4.78, 5) is 29.5. The molecule has 1 saturated heterocycles. The van der Waals surface area contributed by atoms with Crippen molar-refractivity contribution in [1.29, 1.82) is 0 Å². The van der Waals surface area contributed by atoms with Crippen molar-refractivity contribution in [2.24, 2.45) is 0 Å². The van der Waals surface area contributed by atoms with Crippen LogP contribution in [0.25, 0.3) is 5.76 Å². The molecule has 0 radical (unpaired) electrons. The van der Waals surface area contributed by atoms with Gasteiger partial charge in [0.25, 0.3) is 11.7 Å². The van der Waals surface area contributed by atoms with Crippen LogP contribution in [0.3, 0.4) is 0 Å². The number of unbranched alkanes of at least 4 members (excludes halogenated alkanes) is 1. The Morgan fingerprint density at radius 3 is 2.53 bits per heavy atom. The molecule has 2 aromatic rings. The number of amides is 1. The summed E-state index contributed by atoms with van der Waals surface area (Å²) in [5.74, 6) is -0.850. The predicted molar refractivity (Wildman–Crippen MR) is 129 cm³/mol. The van der Waals surface area contributed by atoms with E-state index in [2.05, 4.69) is 22.9 Å². The molecule has 1 amide bonds. The number of Topliss-reactive ketones (excluding diaryl/α,β-unsaturated/α-hetero) is 1. The van der Waals surface area contributed by atoms with Gasteiger partial charge in [0, 0.05) is 23.1 Å². The van der Waals surface area contributed by atoms with E-state index in [0.29, 0.717) is 31.0 Å². The fourth-order valence-electron chi connectivity index (χ4n) is 3.63. The maximum Gasteiger partial charge on any atom is 0.295 e. The first-order chi connectivity index (χ1) is 15.3. The van der Waals surface area contributed by atoms with Gasteiger partial charge in [0.15, 0.2) is 0 Å². The van der Waals surface area contributed by atoms with Crippen LogP contribution in [0.1, 0.15) is 36.9 Å². The van der Waals surface area contributed by atoms with Gasteiger partial charge >= 0.3 is 0 Å². The van der Waals surface area contributed by atoms with Crippen LogP contribution in [0.15, 0.2) is 58.6 Å². The molecule has 0 saturated carbocycles. The quantitative estimate of drug-likeness (QED) is 0.235. The third-order valence-electron chi connectivity index (χ3n) is 5.39. The normalized spacial score (nSPS) is 17.9. The van der Waals surface area contributed by atoms with Crippen molar-refractivity contribution in [3.8, 4) is 5.75 Å².